The SMILES string of the molecule is CCCNCCCC(C)COC. The lowest BCUT2D eigenvalue weighted by Gasteiger charge is -2.09. The van der Waals surface area contributed by atoms with Crippen LogP contribution in [0.5, 0.6) is 0 Å². The summed E-state index contributed by atoms with van der Waals surface area (Å²) in [6.07, 6.45) is 3.77. The van der Waals surface area contributed by atoms with Crippen molar-refractivity contribution in [2.45, 2.75) is 33.1 Å². The molecule has 1 atom stereocenters. The maximum Gasteiger partial charge on any atom is 0.0487 e. The first-order valence-electron chi connectivity index (χ1n) is 5.00. The highest BCUT2D eigenvalue weighted by Gasteiger charge is 1.99. The number of ether oxygens (including phenoxy) is 1. The van der Waals surface area contributed by atoms with Crippen LogP contribution in [0.1, 0.15) is 33.1 Å². The summed E-state index contributed by atoms with van der Waals surface area (Å²) in [5.74, 6) is 0.707. The Bertz CT molecular complexity index is 85.9. The fourth-order valence-electron chi connectivity index (χ4n) is 1.25. The summed E-state index contributed by atoms with van der Waals surface area (Å²) >= 11 is 0. The Morgan fingerprint density at radius 3 is 2.67 bits per heavy atom. The van der Waals surface area contributed by atoms with Gasteiger partial charge in [0.05, 0.1) is 0 Å². The number of rotatable bonds is 8. The smallest absolute Gasteiger partial charge is 0.0487 e. The van der Waals surface area contributed by atoms with E-state index in [-0.39, 0.29) is 0 Å². The van der Waals surface area contributed by atoms with Crippen molar-refractivity contribution < 1.29 is 4.74 Å². The zero-order valence-corrected chi connectivity index (χ0v) is 8.73. The van der Waals surface area contributed by atoms with Gasteiger partial charge in [-0.2, -0.15) is 0 Å². The van der Waals surface area contributed by atoms with Crippen LogP contribution >= 0.6 is 0 Å². The molecule has 0 radical (unpaired) electrons. The van der Waals surface area contributed by atoms with Gasteiger partial charge in [0.25, 0.3) is 0 Å². The fourth-order valence-corrected chi connectivity index (χ4v) is 1.25. The van der Waals surface area contributed by atoms with Crippen molar-refractivity contribution in [1.82, 2.24) is 5.32 Å². The molecule has 1 N–H and O–H groups in total. The Labute approximate surface area is 76.7 Å². The van der Waals surface area contributed by atoms with Gasteiger partial charge in [-0.3, -0.25) is 0 Å². The number of methoxy groups -OCH3 is 1. The summed E-state index contributed by atoms with van der Waals surface area (Å²) in [6, 6.07) is 0. The Balaban J connectivity index is 2.97. The lowest BCUT2D eigenvalue weighted by molar-refractivity contribution is 0.154. The lowest BCUT2D eigenvalue weighted by atomic mass is 10.1. The zero-order chi connectivity index (χ0) is 9.23. The van der Waals surface area contributed by atoms with Crippen molar-refractivity contribution in [3.05, 3.63) is 0 Å². The van der Waals surface area contributed by atoms with Crippen molar-refractivity contribution in [3.8, 4) is 0 Å². The molecule has 0 aromatic heterocycles. The van der Waals surface area contributed by atoms with E-state index in [0.717, 1.165) is 19.7 Å². The van der Waals surface area contributed by atoms with Crippen LogP contribution in [0.2, 0.25) is 0 Å². The number of hydrogen-bond acceptors (Lipinski definition) is 2. The van der Waals surface area contributed by atoms with Gasteiger partial charge in [0, 0.05) is 13.7 Å². The van der Waals surface area contributed by atoms with Crippen molar-refractivity contribution in [1.29, 1.82) is 0 Å². The molecule has 12 heavy (non-hydrogen) atoms. The van der Waals surface area contributed by atoms with E-state index in [4.69, 9.17) is 4.74 Å². The monoisotopic (exact) mass is 173 g/mol. The predicted molar refractivity (Wildman–Crippen MR) is 53.4 cm³/mol. The van der Waals surface area contributed by atoms with Gasteiger partial charge in [0.2, 0.25) is 0 Å². The van der Waals surface area contributed by atoms with Crippen molar-refractivity contribution >= 4 is 0 Å². The Hall–Kier alpha value is -0.0800. The molecule has 2 nitrogen and oxygen atoms in total. The molecule has 0 aromatic carbocycles. The van der Waals surface area contributed by atoms with E-state index in [2.05, 4.69) is 19.2 Å². The van der Waals surface area contributed by atoms with Gasteiger partial charge in [0.1, 0.15) is 0 Å². The third-order valence-electron chi connectivity index (χ3n) is 1.93. The highest BCUT2D eigenvalue weighted by Crippen LogP contribution is 2.04. The van der Waals surface area contributed by atoms with Gasteiger partial charge in [-0.1, -0.05) is 13.8 Å². The third kappa shape index (κ3) is 8.02. The quantitative estimate of drug-likeness (QED) is 0.567. The lowest BCUT2D eigenvalue weighted by Crippen LogP contribution is -2.17. The van der Waals surface area contributed by atoms with Gasteiger partial charge in [-0.25, -0.2) is 0 Å². The van der Waals surface area contributed by atoms with E-state index in [1.54, 1.807) is 7.11 Å². The molecule has 0 heterocycles. The molecule has 0 aliphatic carbocycles. The predicted octanol–water partition coefficient (Wildman–Crippen LogP) is 2.05. The van der Waals surface area contributed by atoms with Gasteiger partial charge in [-0.05, 0) is 38.3 Å². The highest BCUT2D eigenvalue weighted by molar-refractivity contribution is 4.53. The van der Waals surface area contributed by atoms with Crippen LogP contribution in [-0.2, 0) is 4.74 Å². The first-order valence-corrected chi connectivity index (χ1v) is 5.00. The Kier molecular flexibility index (Phi) is 8.95. The fraction of sp³-hybridized carbons (Fsp3) is 1.00. The topological polar surface area (TPSA) is 21.3 Å². The van der Waals surface area contributed by atoms with E-state index in [9.17, 15) is 0 Å². The number of hydrogen-bond donors (Lipinski definition) is 1. The van der Waals surface area contributed by atoms with E-state index in [1.807, 2.05) is 0 Å². The van der Waals surface area contributed by atoms with Crippen molar-refractivity contribution in [3.63, 3.8) is 0 Å². The van der Waals surface area contributed by atoms with Crippen LogP contribution in [0.3, 0.4) is 0 Å². The molecule has 0 aliphatic rings. The van der Waals surface area contributed by atoms with Crippen LogP contribution in [0.25, 0.3) is 0 Å². The molecular formula is C10H23NO. The summed E-state index contributed by atoms with van der Waals surface area (Å²) in [7, 11) is 1.77. The summed E-state index contributed by atoms with van der Waals surface area (Å²) in [4.78, 5) is 0. The summed E-state index contributed by atoms with van der Waals surface area (Å²) < 4.78 is 5.06. The largest absolute Gasteiger partial charge is 0.384 e. The minimum Gasteiger partial charge on any atom is -0.384 e. The minimum absolute atomic E-state index is 0.707. The molecule has 0 amide bonds. The average Bonchev–Trinajstić information content (AvgIpc) is 2.05. The van der Waals surface area contributed by atoms with Crippen molar-refractivity contribution in [2.24, 2.45) is 5.92 Å². The zero-order valence-electron chi connectivity index (χ0n) is 8.73. The minimum atomic E-state index is 0.707. The van der Waals surface area contributed by atoms with E-state index < -0.39 is 0 Å². The molecule has 0 aliphatic heterocycles. The first kappa shape index (κ1) is 11.9. The molecule has 2 heteroatoms. The molecular weight excluding hydrogens is 150 g/mol. The molecule has 1 unspecified atom stereocenters. The molecule has 0 spiro atoms. The molecule has 74 valence electrons. The average molecular weight is 173 g/mol. The van der Waals surface area contributed by atoms with Gasteiger partial charge in [0.15, 0.2) is 0 Å². The molecule has 0 bridgehead atoms. The summed E-state index contributed by atoms with van der Waals surface area (Å²) in [5.41, 5.74) is 0. The van der Waals surface area contributed by atoms with Crippen LogP contribution in [0.4, 0.5) is 0 Å². The second-order valence-corrected chi connectivity index (χ2v) is 3.45. The molecule has 0 saturated carbocycles. The molecule has 0 saturated heterocycles. The normalized spacial score (nSPS) is 13.2. The maximum absolute atomic E-state index is 5.06. The van der Waals surface area contributed by atoms with Gasteiger partial charge in [-0.15, -0.1) is 0 Å². The van der Waals surface area contributed by atoms with E-state index >= 15 is 0 Å². The Morgan fingerprint density at radius 2 is 2.08 bits per heavy atom. The number of nitrogens with one attached hydrogen (secondary N) is 1. The van der Waals surface area contributed by atoms with Crippen LogP contribution in [0.15, 0.2) is 0 Å². The van der Waals surface area contributed by atoms with Crippen LogP contribution in [-0.4, -0.2) is 26.8 Å². The van der Waals surface area contributed by atoms with Gasteiger partial charge >= 0.3 is 0 Å². The van der Waals surface area contributed by atoms with Gasteiger partial charge < -0.3 is 10.1 Å². The summed E-state index contributed by atoms with van der Waals surface area (Å²) in [5, 5.41) is 3.39. The van der Waals surface area contributed by atoms with E-state index in [0.29, 0.717) is 5.92 Å². The second-order valence-electron chi connectivity index (χ2n) is 3.45. The second kappa shape index (κ2) is 9.01. The van der Waals surface area contributed by atoms with Crippen LogP contribution in [0, 0.1) is 5.92 Å². The molecule has 0 aromatic rings. The summed E-state index contributed by atoms with van der Waals surface area (Å²) in [6.45, 7) is 7.64. The standard InChI is InChI=1S/C10H23NO/c1-4-7-11-8-5-6-10(2)9-12-3/h10-11H,4-9H2,1-3H3. The maximum atomic E-state index is 5.06. The third-order valence-corrected chi connectivity index (χ3v) is 1.93. The molecule has 0 rings (SSSR count). The highest BCUT2D eigenvalue weighted by atomic mass is 16.5. The van der Waals surface area contributed by atoms with Crippen LogP contribution < -0.4 is 5.32 Å². The van der Waals surface area contributed by atoms with Crippen molar-refractivity contribution in [2.75, 3.05) is 26.8 Å². The first-order chi connectivity index (χ1) is 5.81. The van der Waals surface area contributed by atoms with E-state index in [1.165, 1.54) is 19.3 Å². The Morgan fingerprint density at radius 1 is 1.33 bits per heavy atom. The molecule has 0 fully saturated rings.